The summed E-state index contributed by atoms with van der Waals surface area (Å²) in [4.78, 5) is 12.0. The third-order valence-electron chi connectivity index (χ3n) is 2.78. The van der Waals surface area contributed by atoms with E-state index in [0.717, 1.165) is 5.56 Å². The number of benzene rings is 2. The van der Waals surface area contributed by atoms with Crippen molar-refractivity contribution in [3.63, 3.8) is 0 Å². The topological polar surface area (TPSA) is 35.5 Å². The highest BCUT2D eigenvalue weighted by Gasteiger charge is 2.02. The molecule has 0 aromatic heterocycles. The molecule has 0 aliphatic heterocycles. The average Bonchev–Trinajstić information content (AvgIpc) is 2.52. The second kappa shape index (κ2) is 7.62. The lowest BCUT2D eigenvalue weighted by atomic mass is 10.1. The molecular formula is C17H15ClO3. The van der Waals surface area contributed by atoms with Crippen LogP contribution in [0.15, 0.2) is 54.6 Å². The Morgan fingerprint density at radius 1 is 1.10 bits per heavy atom. The van der Waals surface area contributed by atoms with Crippen molar-refractivity contribution >= 4 is 23.5 Å². The Labute approximate surface area is 128 Å². The number of halogens is 1. The van der Waals surface area contributed by atoms with E-state index in [1.54, 1.807) is 49.6 Å². The van der Waals surface area contributed by atoms with Gasteiger partial charge in [-0.15, -0.1) is 0 Å². The number of ketones is 1. The Morgan fingerprint density at radius 2 is 1.76 bits per heavy atom. The van der Waals surface area contributed by atoms with E-state index in [1.807, 2.05) is 12.1 Å². The highest BCUT2D eigenvalue weighted by Crippen LogP contribution is 2.14. The zero-order valence-electron chi connectivity index (χ0n) is 11.6. The first-order valence-corrected chi connectivity index (χ1v) is 6.76. The first-order valence-electron chi connectivity index (χ1n) is 6.39. The van der Waals surface area contributed by atoms with Crippen LogP contribution in [0.2, 0.25) is 5.02 Å². The minimum Gasteiger partial charge on any atom is -0.468 e. The van der Waals surface area contributed by atoms with Crippen LogP contribution in [0.4, 0.5) is 0 Å². The molecule has 0 saturated heterocycles. The van der Waals surface area contributed by atoms with Crippen molar-refractivity contribution in [2.45, 2.75) is 0 Å². The van der Waals surface area contributed by atoms with Crippen LogP contribution in [0, 0.1) is 0 Å². The van der Waals surface area contributed by atoms with Gasteiger partial charge in [-0.3, -0.25) is 4.79 Å². The summed E-state index contributed by atoms with van der Waals surface area (Å²) in [5.41, 5.74) is 1.53. The second-order valence-corrected chi connectivity index (χ2v) is 4.76. The highest BCUT2D eigenvalue weighted by atomic mass is 35.5. The van der Waals surface area contributed by atoms with Gasteiger partial charge >= 0.3 is 0 Å². The maximum Gasteiger partial charge on any atom is 0.188 e. The van der Waals surface area contributed by atoms with Crippen molar-refractivity contribution in [3.8, 4) is 5.75 Å². The Hall–Kier alpha value is -2.10. The zero-order valence-corrected chi connectivity index (χ0v) is 12.3. The van der Waals surface area contributed by atoms with E-state index in [0.29, 0.717) is 16.3 Å². The Morgan fingerprint density at radius 3 is 2.38 bits per heavy atom. The van der Waals surface area contributed by atoms with Crippen molar-refractivity contribution < 1.29 is 14.3 Å². The summed E-state index contributed by atoms with van der Waals surface area (Å²) < 4.78 is 10.1. The van der Waals surface area contributed by atoms with Gasteiger partial charge < -0.3 is 9.47 Å². The smallest absolute Gasteiger partial charge is 0.188 e. The molecule has 21 heavy (non-hydrogen) atoms. The number of carbonyl (C=O) groups excluding carboxylic acids is 1. The molecule has 0 radical (unpaired) electrons. The van der Waals surface area contributed by atoms with E-state index in [4.69, 9.17) is 21.1 Å². The molecule has 0 fully saturated rings. The van der Waals surface area contributed by atoms with E-state index in [1.165, 1.54) is 6.08 Å². The lowest BCUT2D eigenvalue weighted by Crippen LogP contribution is -1.99. The lowest BCUT2D eigenvalue weighted by Gasteiger charge is -2.04. The second-order valence-electron chi connectivity index (χ2n) is 4.32. The molecule has 0 amide bonds. The van der Waals surface area contributed by atoms with Crippen molar-refractivity contribution in [2.24, 2.45) is 0 Å². The van der Waals surface area contributed by atoms with Crippen LogP contribution in [-0.4, -0.2) is 19.7 Å². The normalized spacial score (nSPS) is 10.8. The first kappa shape index (κ1) is 15.3. The standard InChI is InChI=1S/C17H15ClO3/c1-20-12-21-16-9-5-14(6-10-16)17(19)11-4-13-2-7-15(18)8-3-13/h2-11H,12H2,1H3/b11-4+. The van der Waals surface area contributed by atoms with Crippen LogP contribution in [0.1, 0.15) is 15.9 Å². The van der Waals surface area contributed by atoms with Gasteiger partial charge in [0, 0.05) is 17.7 Å². The van der Waals surface area contributed by atoms with Gasteiger partial charge in [0.2, 0.25) is 0 Å². The van der Waals surface area contributed by atoms with Gasteiger partial charge in [0.1, 0.15) is 5.75 Å². The predicted molar refractivity (Wildman–Crippen MR) is 83.8 cm³/mol. The maximum absolute atomic E-state index is 12.0. The fourth-order valence-corrected chi connectivity index (χ4v) is 1.81. The largest absolute Gasteiger partial charge is 0.468 e. The van der Waals surface area contributed by atoms with E-state index in [9.17, 15) is 4.79 Å². The number of methoxy groups -OCH3 is 1. The Balaban J connectivity index is 2.01. The monoisotopic (exact) mass is 302 g/mol. The first-order chi connectivity index (χ1) is 10.2. The number of rotatable bonds is 6. The molecule has 2 aromatic rings. The molecule has 0 heterocycles. The minimum atomic E-state index is -0.0664. The summed E-state index contributed by atoms with van der Waals surface area (Å²) in [6.07, 6.45) is 3.29. The molecule has 108 valence electrons. The molecule has 0 bridgehead atoms. The van der Waals surface area contributed by atoms with Crippen LogP contribution >= 0.6 is 11.6 Å². The van der Waals surface area contributed by atoms with Crippen LogP contribution in [-0.2, 0) is 4.74 Å². The van der Waals surface area contributed by atoms with Crippen molar-refractivity contribution in [1.82, 2.24) is 0 Å². The lowest BCUT2D eigenvalue weighted by molar-refractivity contribution is 0.0511. The molecular weight excluding hydrogens is 288 g/mol. The van der Waals surface area contributed by atoms with E-state index >= 15 is 0 Å². The van der Waals surface area contributed by atoms with Gasteiger partial charge in [0.25, 0.3) is 0 Å². The van der Waals surface area contributed by atoms with Gasteiger partial charge in [0.05, 0.1) is 0 Å². The van der Waals surface area contributed by atoms with Gasteiger partial charge in [0.15, 0.2) is 12.6 Å². The summed E-state index contributed by atoms with van der Waals surface area (Å²) in [6, 6.07) is 14.2. The molecule has 0 saturated carbocycles. The molecule has 0 unspecified atom stereocenters. The van der Waals surface area contributed by atoms with Gasteiger partial charge in [-0.05, 0) is 48.0 Å². The predicted octanol–water partition coefficient (Wildman–Crippen LogP) is 4.22. The fourth-order valence-electron chi connectivity index (χ4n) is 1.68. The van der Waals surface area contributed by atoms with Crippen molar-refractivity contribution in [3.05, 3.63) is 70.8 Å². The molecule has 0 spiro atoms. The van der Waals surface area contributed by atoms with E-state index < -0.39 is 0 Å². The summed E-state index contributed by atoms with van der Waals surface area (Å²) in [5.74, 6) is 0.596. The molecule has 3 nitrogen and oxygen atoms in total. The van der Waals surface area contributed by atoms with Crippen LogP contribution < -0.4 is 4.74 Å². The Kier molecular flexibility index (Phi) is 5.55. The Bertz CT molecular complexity index is 615. The maximum atomic E-state index is 12.0. The SMILES string of the molecule is COCOc1ccc(C(=O)/C=C/c2ccc(Cl)cc2)cc1. The number of hydrogen-bond donors (Lipinski definition) is 0. The number of hydrogen-bond acceptors (Lipinski definition) is 3. The van der Waals surface area contributed by atoms with Crippen LogP contribution in [0.3, 0.4) is 0 Å². The fraction of sp³-hybridized carbons (Fsp3) is 0.118. The molecule has 2 aromatic carbocycles. The molecule has 0 N–H and O–H groups in total. The summed E-state index contributed by atoms with van der Waals surface area (Å²) in [5, 5.41) is 0.671. The molecule has 0 aliphatic carbocycles. The van der Waals surface area contributed by atoms with Crippen LogP contribution in [0.5, 0.6) is 5.75 Å². The van der Waals surface area contributed by atoms with Crippen molar-refractivity contribution in [2.75, 3.05) is 13.9 Å². The minimum absolute atomic E-state index is 0.0664. The molecule has 0 atom stereocenters. The van der Waals surface area contributed by atoms with Gasteiger partial charge in [-0.1, -0.05) is 29.8 Å². The third kappa shape index (κ3) is 4.74. The zero-order chi connectivity index (χ0) is 15.1. The van der Waals surface area contributed by atoms with Crippen molar-refractivity contribution in [1.29, 1.82) is 0 Å². The highest BCUT2D eigenvalue weighted by molar-refractivity contribution is 6.30. The van der Waals surface area contributed by atoms with E-state index in [2.05, 4.69) is 0 Å². The molecule has 2 rings (SSSR count). The summed E-state index contributed by atoms with van der Waals surface area (Å²) in [7, 11) is 1.56. The van der Waals surface area contributed by atoms with Gasteiger partial charge in [-0.2, -0.15) is 0 Å². The molecule has 0 aliphatic rings. The quantitative estimate of drug-likeness (QED) is 0.455. The van der Waals surface area contributed by atoms with Crippen LogP contribution in [0.25, 0.3) is 6.08 Å². The van der Waals surface area contributed by atoms with Gasteiger partial charge in [-0.25, -0.2) is 0 Å². The summed E-state index contributed by atoms with van der Waals surface area (Å²) in [6.45, 7) is 0.184. The summed E-state index contributed by atoms with van der Waals surface area (Å²) >= 11 is 5.81. The molecule has 4 heteroatoms. The van der Waals surface area contributed by atoms with E-state index in [-0.39, 0.29) is 12.6 Å². The third-order valence-corrected chi connectivity index (χ3v) is 3.03. The number of carbonyl (C=O) groups is 1. The average molecular weight is 303 g/mol. The number of ether oxygens (including phenoxy) is 2. The number of allylic oxidation sites excluding steroid dienone is 1.